The number of hydrogen-bond acceptors (Lipinski definition) is 3. The summed E-state index contributed by atoms with van der Waals surface area (Å²) < 4.78 is 65.6. The van der Waals surface area contributed by atoms with Gasteiger partial charge in [-0.25, -0.2) is 13.1 Å². The van der Waals surface area contributed by atoms with E-state index < -0.39 is 32.7 Å². The summed E-state index contributed by atoms with van der Waals surface area (Å²) in [6.07, 6.45) is -3.44. The van der Waals surface area contributed by atoms with Gasteiger partial charge in [0.15, 0.2) is 0 Å². The molecule has 118 valence electrons. The van der Waals surface area contributed by atoms with E-state index in [0.717, 1.165) is 25.1 Å². The van der Waals surface area contributed by atoms with Gasteiger partial charge in [-0.15, -0.1) is 0 Å². The van der Waals surface area contributed by atoms with Gasteiger partial charge < -0.3 is 5.32 Å². The van der Waals surface area contributed by atoms with Crippen LogP contribution in [0.4, 0.5) is 13.2 Å². The Morgan fingerprint density at radius 3 is 2.62 bits per heavy atom. The maximum absolute atomic E-state index is 13.0. The van der Waals surface area contributed by atoms with Crippen LogP contribution in [-0.2, 0) is 16.2 Å². The molecule has 0 amide bonds. The van der Waals surface area contributed by atoms with Crippen molar-refractivity contribution >= 4 is 21.6 Å². The lowest BCUT2D eigenvalue weighted by molar-refractivity contribution is -0.139. The van der Waals surface area contributed by atoms with Crippen molar-refractivity contribution in [3.8, 4) is 0 Å². The second kappa shape index (κ2) is 6.12. The van der Waals surface area contributed by atoms with Crippen molar-refractivity contribution in [3.05, 3.63) is 28.8 Å². The first kappa shape index (κ1) is 16.5. The average Bonchev–Trinajstić information content (AvgIpc) is 2.38. The first-order chi connectivity index (χ1) is 9.70. The van der Waals surface area contributed by atoms with Crippen LogP contribution in [0.5, 0.6) is 0 Å². The highest BCUT2D eigenvalue weighted by Gasteiger charge is 2.38. The Kier molecular flexibility index (Phi) is 4.82. The molecule has 1 aromatic rings. The zero-order valence-corrected chi connectivity index (χ0v) is 12.4. The van der Waals surface area contributed by atoms with Crippen molar-refractivity contribution in [1.29, 1.82) is 0 Å². The predicted octanol–water partition coefficient (Wildman–Crippen LogP) is 2.39. The second-order valence-electron chi connectivity index (χ2n) is 4.80. The van der Waals surface area contributed by atoms with Crippen LogP contribution in [0.15, 0.2) is 23.1 Å². The third kappa shape index (κ3) is 4.09. The lowest BCUT2D eigenvalue weighted by atomic mass is 10.1. The predicted molar refractivity (Wildman–Crippen MR) is 72.7 cm³/mol. The third-order valence-electron chi connectivity index (χ3n) is 3.16. The number of alkyl halides is 3. The van der Waals surface area contributed by atoms with Crippen LogP contribution in [0.3, 0.4) is 0 Å². The fourth-order valence-electron chi connectivity index (χ4n) is 2.19. The van der Waals surface area contributed by atoms with E-state index in [-0.39, 0.29) is 5.02 Å². The molecular formula is C12H14ClF3N2O2S. The number of piperidine rings is 1. The fraction of sp³-hybridized carbons (Fsp3) is 0.500. The van der Waals surface area contributed by atoms with E-state index in [2.05, 4.69) is 10.0 Å². The molecule has 2 rings (SSSR count). The molecule has 0 radical (unpaired) electrons. The van der Waals surface area contributed by atoms with Gasteiger partial charge in [0.05, 0.1) is 10.5 Å². The van der Waals surface area contributed by atoms with Gasteiger partial charge in [-0.05, 0) is 37.6 Å². The van der Waals surface area contributed by atoms with Gasteiger partial charge in [-0.1, -0.05) is 11.6 Å². The van der Waals surface area contributed by atoms with Gasteiger partial charge in [0.2, 0.25) is 10.0 Å². The van der Waals surface area contributed by atoms with E-state index in [0.29, 0.717) is 19.0 Å². The smallest absolute Gasteiger partial charge is 0.315 e. The number of hydrogen-bond donors (Lipinski definition) is 2. The van der Waals surface area contributed by atoms with Crippen molar-refractivity contribution in [2.45, 2.75) is 30.0 Å². The molecule has 0 spiro atoms. The lowest BCUT2D eigenvalue weighted by Gasteiger charge is -2.24. The molecule has 9 heteroatoms. The Balaban J connectivity index is 2.35. The molecule has 21 heavy (non-hydrogen) atoms. The molecule has 0 saturated carbocycles. The van der Waals surface area contributed by atoms with Crippen molar-refractivity contribution < 1.29 is 21.6 Å². The molecule has 1 fully saturated rings. The summed E-state index contributed by atoms with van der Waals surface area (Å²) in [5.74, 6) is 0. The maximum Gasteiger partial charge on any atom is 0.417 e. The van der Waals surface area contributed by atoms with E-state index >= 15 is 0 Å². The van der Waals surface area contributed by atoms with E-state index in [9.17, 15) is 21.6 Å². The molecule has 1 saturated heterocycles. The molecule has 1 aromatic carbocycles. The van der Waals surface area contributed by atoms with Crippen LogP contribution in [-0.4, -0.2) is 27.5 Å². The molecular weight excluding hydrogens is 329 g/mol. The zero-order valence-electron chi connectivity index (χ0n) is 10.9. The summed E-state index contributed by atoms with van der Waals surface area (Å²) >= 11 is 5.54. The normalized spacial score (nSPS) is 20.5. The summed E-state index contributed by atoms with van der Waals surface area (Å²) in [5.41, 5.74) is -1.26. The summed E-state index contributed by atoms with van der Waals surface area (Å²) in [6.45, 7) is 1.17. The molecule has 4 nitrogen and oxygen atoms in total. The van der Waals surface area contributed by atoms with Crippen molar-refractivity contribution in [1.82, 2.24) is 10.0 Å². The minimum absolute atomic E-state index is 0.166. The SMILES string of the molecule is O=S(=O)(N[C@@H]1CCCNC1)c1ccc(Cl)cc1C(F)(F)F. The van der Waals surface area contributed by atoms with Crippen molar-refractivity contribution in [2.75, 3.05) is 13.1 Å². The molecule has 0 unspecified atom stereocenters. The number of nitrogens with one attached hydrogen (secondary N) is 2. The van der Waals surface area contributed by atoms with Crippen LogP contribution in [0.1, 0.15) is 18.4 Å². The summed E-state index contributed by atoms with van der Waals surface area (Å²) in [7, 11) is -4.26. The number of halogens is 4. The van der Waals surface area contributed by atoms with Gasteiger partial charge in [0, 0.05) is 17.6 Å². The Bertz CT molecular complexity index is 613. The summed E-state index contributed by atoms with van der Waals surface area (Å²) in [6, 6.07) is 2.21. The molecule has 0 aliphatic carbocycles. The van der Waals surface area contributed by atoms with Gasteiger partial charge in [0.1, 0.15) is 0 Å². The van der Waals surface area contributed by atoms with Crippen molar-refractivity contribution in [3.63, 3.8) is 0 Å². The van der Waals surface area contributed by atoms with Crippen LogP contribution in [0, 0.1) is 0 Å². The second-order valence-corrected chi connectivity index (χ2v) is 6.92. The molecule has 1 aliphatic heterocycles. The van der Waals surface area contributed by atoms with Crippen LogP contribution < -0.4 is 10.0 Å². The molecule has 1 heterocycles. The van der Waals surface area contributed by atoms with Crippen LogP contribution in [0.2, 0.25) is 5.02 Å². The number of rotatable bonds is 3. The summed E-state index contributed by atoms with van der Waals surface area (Å²) in [5, 5.41) is 2.83. The largest absolute Gasteiger partial charge is 0.417 e. The van der Waals surface area contributed by atoms with E-state index in [4.69, 9.17) is 11.6 Å². The van der Waals surface area contributed by atoms with Crippen molar-refractivity contribution in [2.24, 2.45) is 0 Å². The Morgan fingerprint density at radius 2 is 2.05 bits per heavy atom. The highest BCUT2D eigenvalue weighted by Crippen LogP contribution is 2.35. The van der Waals surface area contributed by atoms with Gasteiger partial charge in [-0.3, -0.25) is 0 Å². The number of sulfonamides is 1. The average molecular weight is 343 g/mol. The molecule has 0 bridgehead atoms. The number of benzene rings is 1. The third-order valence-corrected chi connectivity index (χ3v) is 4.97. The van der Waals surface area contributed by atoms with Gasteiger partial charge >= 0.3 is 6.18 Å². The van der Waals surface area contributed by atoms with Crippen LogP contribution in [0.25, 0.3) is 0 Å². The molecule has 1 aliphatic rings. The summed E-state index contributed by atoms with van der Waals surface area (Å²) in [4.78, 5) is -0.801. The first-order valence-corrected chi connectivity index (χ1v) is 8.16. The Hall–Kier alpha value is -0.830. The molecule has 1 atom stereocenters. The Morgan fingerprint density at radius 1 is 1.33 bits per heavy atom. The minimum Gasteiger partial charge on any atom is -0.315 e. The highest BCUT2D eigenvalue weighted by atomic mass is 35.5. The fourth-order valence-corrected chi connectivity index (χ4v) is 3.84. The lowest BCUT2D eigenvalue weighted by Crippen LogP contribution is -2.45. The van der Waals surface area contributed by atoms with E-state index in [1.165, 1.54) is 0 Å². The Labute approximate surface area is 125 Å². The van der Waals surface area contributed by atoms with E-state index in [1.54, 1.807) is 0 Å². The van der Waals surface area contributed by atoms with Gasteiger partial charge in [-0.2, -0.15) is 13.2 Å². The molecule has 0 aromatic heterocycles. The van der Waals surface area contributed by atoms with E-state index in [1.807, 2.05) is 0 Å². The van der Waals surface area contributed by atoms with Gasteiger partial charge in [0.25, 0.3) is 0 Å². The highest BCUT2D eigenvalue weighted by molar-refractivity contribution is 7.89. The maximum atomic E-state index is 13.0. The topological polar surface area (TPSA) is 58.2 Å². The zero-order chi connectivity index (χ0) is 15.7. The monoisotopic (exact) mass is 342 g/mol. The minimum atomic E-state index is -4.79. The molecule has 2 N–H and O–H groups in total. The quantitative estimate of drug-likeness (QED) is 0.886. The van der Waals surface area contributed by atoms with Crippen LogP contribution >= 0.6 is 11.6 Å². The standard InChI is InChI=1S/C12H14ClF3N2O2S/c13-8-3-4-11(10(6-8)12(14,15)16)21(19,20)18-9-2-1-5-17-7-9/h3-4,6,9,17-18H,1-2,5,7H2/t9-/m1/s1. The first-order valence-electron chi connectivity index (χ1n) is 6.30.